The first-order valence-electron chi connectivity index (χ1n) is 5.91. The van der Waals surface area contributed by atoms with Crippen molar-refractivity contribution >= 4 is 11.8 Å². The van der Waals surface area contributed by atoms with Crippen molar-refractivity contribution in [2.45, 2.75) is 29.0 Å². The fourth-order valence-electron chi connectivity index (χ4n) is 1.85. The lowest BCUT2D eigenvalue weighted by molar-refractivity contribution is 0.277. The fraction of sp³-hybridized carbons (Fsp3) is 0.538. The lowest BCUT2D eigenvalue weighted by atomic mass is 10.1. The number of hydrogen-bond acceptors (Lipinski definition) is 4. The van der Waals surface area contributed by atoms with E-state index in [1.807, 2.05) is 24.3 Å². The van der Waals surface area contributed by atoms with Crippen molar-refractivity contribution in [2.75, 3.05) is 13.7 Å². The van der Waals surface area contributed by atoms with Crippen LogP contribution in [0.15, 0.2) is 29.2 Å². The Morgan fingerprint density at radius 1 is 1.41 bits per heavy atom. The Kier molecular flexibility index (Phi) is 4.31. The maximum absolute atomic E-state index is 9.41. The summed E-state index contributed by atoms with van der Waals surface area (Å²) >= 11 is 1.65. The molecule has 1 aromatic rings. The highest BCUT2D eigenvalue weighted by Gasteiger charge is 2.34. The highest BCUT2D eigenvalue weighted by atomic mass is 32.2. The first kappa shape index (κ1) is 12.7. The zero-order chi connectivity index (χ0) is 12.3. The average molecular weight is 253 g/mol. The molecule has 0 bridgehead atoms. The minimum absolute atomic E-state index is 0.0934. The standard InChI is InChI=1S/C13H19NO2S/c1-16-10-4-6-11(7-5-10)17-12(8-15)13(14)9-2-3-9/h4-7,9,12-13,15H,2-3,8,14H2,1H3. The van der Waals surface area contributed by atoms with E-state index in [0.29, 0.717) is 5.92 Å². The van der Waals surface area contributed by atoms with Crippen LogP contribution >= 0.6 is 11.8 Å². The van der Waals surface area contributed by atoms with Crippen molar-refractivity contribution in [3.05, 3.63) is 24.3 Å². The number of hydrogen-bond donors (Lipinski definition) is 2. The Labute approximate surface area is 106 Å². The van der Waals surface area contributed by atoms with E-state index in [0.717, 1.165) is 10.6 Å². The third-order valence-corrected chi connectivity index (χ3v) is 4.43. The molecule has 2 unspecified atom stereocenters. The number of thioether (sulfide) groups is 1. The van der Waals surface area contributed by atoms with Crippen LogP contribution in [0.5, 0.6) is 5.75 Å². The Hall–Kier alpha value is -0.710. The molecule has 94 valence electrons. The number of ether oxygens (including phenoxy) is 1. The average Bonchev–Trinajstić information content (AvgIpc) is 3.20. The molecule has 2 rings (SSSR count). The molecule has 0 radical (unpaired) electrons. The summed E-state index contributed by atoms with van der Waals surface area (Å²) in [5.41, 5.74) is 6.13. The summed E-state index contributed by atoms with van der Waals surface area (Å²) in [5, 5.41) is 9.50. The Balaban J connectivity index is 1.96. The minimum Gasteiger partial charge on any atom is -0.497 e. The van der Waals surface area contributed by atoms with Crippen LogP contribution in [0.3, 0.4) is 0 Å². The van der Waals surface area contributed by atoms with Crippen molar-refractivity contribution in [3.63, 3.8) is 0 Å². The van der Waals surface area contributed by atoms with E-state index in [-0.39, 0.29) is 17.9 Å². The molecule has 1 aliphatic carbocycles. The summed E-state index contributed by atoms with van der Waals surface area (Å²) in [6.45, 7) is 0.133. The van der Waals surface area contributed by atoms with Crippen molar-refractivity contribution in [1.82, 2.24) is 0 Å². The van der Waals surface area contributed by atoms with Gasteiger partial charge in [-0.1, -0.05) is 0 Å². The third-order valence-electron chi connectivity index (χ3n) is 3.12. The quantitative estimate of drug-likeness (QED) is 0.760. The summed E-state index contributed by atoms with van der Waals surface area (Å²) < 4.78 is 5.11. The van der Waals surface area contributed by atoms with E-state index < -0.39 is 0 Å². The molecule has 17 heavy (non-hydrogen) atoms. The van der Waals surface area contributed by atoms with Crippen LogP contribution in [-0.4, -0.2) is 30.1 Å². The van der Waals surface area contributed by atoms with Crippen molar-refractivity contribution in [2.24, 2.45) is 11.7 Å². The van der Waals surface area contributed by atoms with Crippen molar-refractivity contribution < 1.29 is 9.84 Å². The van der Waals surface area contributed by atoms with Gasteiger partial charge in [0, 0.05) is 16.2 Å². The van der Waals surface area contributed by atoms with Gasteiger partial charge in [0.25, 0.3) is 0 Å². The van der Waals surface area contributed by atoms with Crippen LogP contribution in [0.1, 0.15) is 12.8 Å². The van der Waals surface area contributed by atoms with E-state index in [1.54, 1.807) is 18.9 Å². The van der Waals surface area contributed by atoms with Gasteiger partial charge in [-0.3, -0.25) is 0 Å². The number of methoxy groups -OCH3 is 1. The molecule has 0 spiro atoms. The lowest BCUT2D eigenvalue weighted by Gasteiger charge is -2.21. The van der Waals surface area contributed by atoms with Gasteiger partial charge in [0.1, 0.15) is 5.75 Å². The zero-order valence-corrected chi connectivity index (χ0v) is 10.8. The summed E-state index contributed by atoms with van der Waals surface area (Å²) in [5.74, 6) is 1.46. The number of benzene rings is 1. The van der Waals surface area contributed by atoms with Gasteiger partial charge in [0.05, 0.1) is 13.7 Å². The molecule has 0 aliphatic heterocycles. The van der Waals surface area contributed by atoms with Gasteiger partial charge < -0.3 is 15.6 Å². The molecular formula is C13H19NO2S. The molecule has 0 amide bonds. The van der Waals surface area contributed by atoms with Crippen LogP contribution in [0.4, 0.5) is 0 Å². The number of aliphatic hydroxyl groups excluding tert-OH is 1. The topological polar surface area (TPSA) is 55.5 Å². The van der Waals surface area contributed by atoms with E-state index in [2.05, 4.69) is 0 Å². The Bertz CT molecular complexity index is 351. The molecule has 1 aliphatic rings. The normalized spacial score (nSPS) is 18.8. The van der Waals surface area contributed by atoms with E-state index in [9.17, 15) is 5.11 Å². The second-order valence-electron chi connectivity index (χ2n) is 4.43. The van der Waals surface area contributed by atoms with Crippen LogP contribution in [0.25, 0.3) is 0 Å². The Morgan fingerprint density at radius 2 is 2.06 bits per heavy atom. The minimum atomic E-state index is 0.0934. The van der Waals surface area contributed by atoms with Crippen molar-refractivity contribution in [3.8, 4) is 5.75 Å². The van der Waals surface area contributed by atoms with Gasteiger partial charge in [0.15, 0.2) is 0 Å². The second kappa shape index (κ2) is 5.76. The first-order valence-corrected chi connectivity index (χ1v) is 6.79. The summed E-state index contributed by atoms with van der Waals surface area (Å²) in [4.78, 5) is 1.13. The van der Waals surface area contributed by atoms with Gasteiger partial charge in [-0.2, -0.15) is 0 Å². The van der Waals surface area contributed by atoms with Crippen molar-refractivity contribution in [1.29, 1.82) is 0 Å². The number of rotatable bonds is 6. The molecule has 1 fully saturated rings. The molecule has 0 aromatic heterocycles. The first-order chi connectivity index (χ1) is 8.24. The van der Waals surface area contributed by atoms with Crippen LogP contribution in [0, 0.1) is 5.92 Å². The monoisotopic (exact) mass is 253 g/mol. The fourth-order valence-corrected chi connectivity index (χ4v) is 2.95. The van der Waals surface area contributed by atoms with Gasteiger partial charge in [-0.05, 0) is 43.0 Å². The zero-order valence-electron chi connectivity index (χ0n) is 10.0. The molecule has 1 saturated carbocycles. The van der Waals surface area contributed by atoms with Gasteiger partial charge in [-0.25, -0.2) is 0 Å². The predicted molar refractivity (Wildman–Crippen MR) is 70.4 cm³/mol. The summed E-state index contributed by atoms with van der Waals surface area (Å²) in [6, 6.07) is 7.98. The molecule has 0 saturated heterocycles. The van der Waals surface area contributed by atoms with Gasteiger partial charge in [0.2, 0.25) is 0 Å². The van der Waals surface area contributed by atoms with Crippen LogP contribution in [0.2, 0.25) is 0 Å². The molecular weight excluding hydrogens is 234 g/mol. The third kappa shape index (κ3) is 3.37. The molecule has 0 heterocycles. The summed E-state index contributed by atoms with van der Waals surface area (Å²) in [6.07, 6.45) is 2.42. The number of nitrogens with two attached hydrogens (primary N) is 1. The van der Waals surface area contributed by atoms with Crippen LogP contribution in [-0.2, 0) is 0 Å². The number of aliphatic hydroxyl groups is 1. The van der Waals surface area contributed by atoms with E-state index in [4.69, 9.17) is 10.5 Å². The summed E-state index contributed by atoms with van der Waals surface area (Å²) in [7, 11) is 1.65. The van der Waals surface area contributed by atoms with Gasteiger partial charge >= 0.3 is 0 Å². The predicted octanol–water partition coefficient (Wildman–Crippen LogP) is 1.89. The highest BCUT2D eigenvalue weighted by molar-refractivity contribution is 8.00. The molecule has 1 aromatic carbocycles. The molecule has 3 N–H and O–H groups in total. The van der Waals surface area contributed by atoms with Crippen LogP contribution < -0.4 is 10.5 Å². The largest absolute Gasteiger partial charge is 0.497 e. The second-order valence-corrected chi connectivity index (χ2v) is 5.74. The molecule has 3 nitrogen and oxygen atoms in total. The van der Waals surface area contributed by atoms with Gasteiger partial charge in [-0.15, -0.1) is 11.8 Å². The Morgan fingerprint density at radius 3 is 2.53 bits per heavy atom. The maximum atomic E-state index is 9.41. The lowest BCUT2D eigenvalue weighted by Crippen LogP contribution is -2.36. The molecule has 2 atom stereocenters. The molecule has 4 heteroatoms. The van der Waals surface area contributed by atoms with E-state index >= 15 is 0 Å². The SMILES string of the molecule is COc1ccc(SC(CO)C(N)C2CC2)cc1. The van der Waals surface area contributed by atoms with E-state index in [1.165, 1.54) is 12.8 Å². The highest BCUT2D eigenvalue weighted by Crippen LogP contribution is 2.37. The smallest absolute Gasteiger partial charge is 0.118 e. The maximum Gasteiger partial charge on any atom is 0.118 e.